The molecule has 0 N–H and O–H groups in total. The van der Waals surface area contributed by atoms with E-state index in [1.54, 1.807) is 7.11 Å². The van der Waals surface area contributed by atoms with Gasteiger partial charge in [-0.3, -0.25) is 9.80 Å². The number of piperazine rings is 1. The second-order valence-corrected chi connectivity index (χ2v) is 5.03. The highest BCUT2D eigenvalue weighted by Crippen LogP contribution is 2.18. The van der Waals surface area contributed by atoms with Crippen LogP contribution in [-0.2, 0) is 0 Å². The fourth-order valence-electron chi connectivity index (χ4n) is 2.47. The third-order valence-electron chi connectivity index (χ3n) is 3.65. The summed E-state index contributed by atoms with van der Waals surface area (Å²) in [5.74, 6) is 0.930. The lowest BCUT2D eigenvalue weighted by Gasteiger charge is -2.33. The Morgan fingerprint density at radius 1 is 1.10 bits per heavy atom. The van der Waals surface area contributed by atoms with Crippen molar-refractivity contribution in [2.75, 3.05) is 46.4 Å². The van der Waals surface area contributed by atoms with E-state index in [0.717, 1.165) is 50.6 Å². The number of para-hydroxylation sites is 1. The third kappa shape index (κ3) is 4.22. The van der Waals surface area contributed by atoms with E-state index in [2.05, 4.69) is 34.6 Å². The quantitative estimate of drug-likeness (QED) is 0.740. The Labute approximate surface area is 122 Å². The molecule has 0 aromatic heterocycles. The maximum absolute atomic E-state index is 5.35. The van der Waals surface area contributed by atoms with Crippen molar-refractivity contribution in [1.82, 2.24) is 9.80 Å². The Bertz CT molecular complexity index is 448. The van der Waals surface area contributed by atoms with E-state index in [-0.39, 0.29) is 0 Å². The Morgan fingerprint density at radius 3 is 2.40 bits per heavy atom. The largest absolute Gasteiger partial charge is 0.496 e. The van der Waals surface area contributed by atoms with Crippen LogP contribution in [0.3, 0.4) is 0 Å². The normalized spacial score (nSPS) is 17.4. The van der Waals surface area contributed by atoms with Crippen molar-refractivity contribution in [3.8, 4) is 5.75 Å². The Morgan fingerprint density at radius 2 is 1.75 bits per heavy atom. The second kappa shape index (κ2) is 7.88. The van der Waals surface area contributed by atoms with Crippen LogP contribution in [-0.4, -0.2) is 56.2 Å². The van der Waals surface area contributed by atoms with E-state index in [9.17, 15) is 0 Å². The van der Waals surface area contributed by atoms with Gasteiger partial charge >= 0.3 is 0 Å². The van der Waals surface area contributed by atoms with Gasteiger partial charge < -0.3 is 4.74 Å². The van der Waals surface area contributed by atoms with Crippen LogP contribution in [0.4, 0.5) is 0 Å². The van der Waals surface area contributed by atoms with Crippen molar-refractivity contribution >= 4 is 6.08 Å². The summed E-state index contributed by atoms with van der Waals surface area (Å²) in [5, 5.41) is 0. The van der Waals surface area contributed by atoms with Crippen LogP contribution < -0.4 is 4.74 Å². The fourth-order valence-corrected chi connectivity index (χ4v) is 2.47. The summed E-state index contributed by atoms with van der Waals surface area (Å²) in [6, 6.07) is 8.11. The highest BCUT2D eigenvalue weighted by atomic mass is 16.5. The van der Waals surface area contributed by atoms with Crippen LogP contribution in [0, 0.1) is 0 Å². The lowest BCUT2D eigenvalue weighted by atomic mass is 10.2. The molecule has 0 saturated carbocycles. The topological polar surface area (TPSA) is 15.7 Å². The van der Waals surface area contributed by atoms with Crippen LogP contribution in [0.2, 0.25) is 0 Å². The van der Waals surface area contributed by atoms with Gasteiger partial charge in [-0.2, -0.15) is 0 Å². The van der Waals surface area contributed by atoms with Crippen molar-refractivity contribution in [2.45, 2.75) is 0 Å². The average molecular weight is 272 g/mol. The van der Waals surface area contributed by atoms with Gasteiger partial charge in [-0.15, -0.1) is 6.58 Å². The molecule has 1 aromatic rings. The van der Waals surface area contributed by atoms with Crippen molar-refractivity contribution in [1.29, 1.82) is 0 Å². The molecule has 0 unspecified atom stereocenters. The number of hydrogen-bond donors (Lipinski definition) is 0. The number of nitrogens with zero attached hydrogens (tertiary/aromatic N) is 2. The van der Waals surface area contributed by atoms with Crippen LogP contribution in [0.25, 0.3) is 6.08 Å². The van der Waals surface area contributed by atoms with Gasteiger partial charge in [0.25, 0.3) is 0 Å². The molecule has 0 atom stereocenters. The maximum Gasteiger partial charge on any atom is 0.126 e. The van der Waals surface area contributed by atoms with Gasteiger partial charge in [0, 0.05) is 44.8 Å². The van der Waals surface area contributed by atoms with Gasteiger partial charge in [0.1, 0.15) is 5.75 Å². The summed E-state index contributed by atoms with van der Waals surface area (Å²) in [4.78, 5) is 4.92. The first kappa shape index (κ1) is 14.8. The standard InChI is InChI=1S/C17H24N2O/c1-3-10-18-12-14-19(15-13-18)11-6-8-16-7-4-5-9-17(16)20-2/h3-9H,1,10-15H2,2H3. The molecule has 1 saturated heterocycles. The van der Waals surface area contributed by atoms with Crippen LogP contribution in [0.1, 0.15) is 5.56 Å². The molecule has 3 nitrogen and oxygen atoms in total. The lowest BCUT2D eigenvalue weighted by Crippen LogP contribution is -2.46. The Balaban J connectivity index is 1.81. The lowest BCUT2D eigenvalue weighted by molar-refractivity contribution is 0.154. The SMILES string of the molecule is C=CCN1CCN(CC=Cc2ccccc2OC)CC1. The molecule has 0 amide bonds. The monoisotopic (exact) mass is 272 g/mol. The summed E-state index contributed by atoms with van der Waals surface area (Å²) in [6.45, 7) is 10.3. The first-order valence-electron chi connectivity index (χ1n) is 7.18. The molecule has 2 rings (SSSR count). The average Bonchev–Trinajstić information content (AvgIpc) is 2.50. The zero-order valence-electron chi connectivity index (χ0n) is 12.3. The van der Waals surface area contributed by atoms with Crippen LogP contribution in [0.15, 0.2) is 43.0 Å². The molecule has 20 heavy (non-hydrogen) atoms. The number of benzene rings is 1. The minimum atomic E-state index is 0.930. The summed E-state index contributed by atoms with van der Waals surface area (Å²) < 4.78 is 5.35. The Kier molecular flexibility index (Phi) is 5.84. The molecule has 0 radical (unpaired) electrons. The molecule has 1 heterocycles. The van der Waals surface area contributed by atoms with Crippen molar-refractivity contribution in [3.05, 3.63) is 48.6 Å². The molecule has 0 spiro atoms. The number of rotatable bonds is 6. The Hall–Kier alpha value is -1.58. The molecule has 3 heteroatoms. The number of methoxy groups -OCH3 is 1. The highest BCUT2D eigenvalue weighted by Gasteiger charge is 2.14. The van der Waals surface area contributed by atoms with Crippen molar-refractivity contribution in [3.63, 3.8) is 0 Å². The van der Waals surface area contributed by atoms with Gasteiger partial charge in [0.15, 0.2) is 0 Å². The van der Waals surface area contributed by atoms with Gasteiger partial charge in [-0.1, -0.05) is 36.4 Å². The van der Waals surface area contributed by atoms with Gasteiger partial charge in [-0.05, 0) is 6.07 Å². The molecule has 0 aliphatic carbocycles. The summed E-state index contributed by atoms with van der Waals surface area (Å²) >= 11 is 0. The minimum absolute atomic E-state index is 0.930. The van der Waals surface area contributed by atoms with Crippen molar-refractivity contribution < 1.29 is 4.74 Å². The first-order chi connectivity index (χ1) is 9.83. The smallest absolute Gasteiger partial charge is 0.126 e. The molecule has 1 aromatic carbocycles. The minimum Gasteiger partial charge on any atom is -0.496 e. The van der Waals surface area contributed by atoms with Gasteiger partial charge in [0.2, 0.25) is 0 Å². The zero-order valence-corrected chi connectivity index (χ0v) is 12.3. The third-order valence-corrected chi connectivity index (χ3v) is 3.65. The maximum atomic E-state index is 5.35. The van der Waals surface area contributed by atoms with Gasteiger partial charge in [-0.25, -0.2) is 0 Å². The molecule has 1 aliphatic heterocycles. The molecule has 1 fully saturated rings. The molecular weight excluding hydrogens is 248 g/mol. The molecule has 108 valence electrons. The summed E-state index contributed by atoms with van der Waals surface area (Å²) in [6.07, 6.45) is 6.35. The van der Waals surface area contributed by atoms with Crippen molar-refractivity contribution in [2.24, 2.45) is 0 Å². The molecular formula is C17H24N2O. The van der Waals surface area contributed by atoms with E-state index in [4.69, 9.17) is 4.74 Å². The predicted octanol–water partition coefficient (Wildman–Crippen LogP) is 2.51. The second-order valence-electron chi connectivity index (χ2n) is 5.03. The predicted molar refractivity (Wildman–Crippen MR) is 85.1 cm³/mol. The molecule has 1 aliphatic rings. The van der Waals surface area contributed by atoms with E-state index in [1.165, 1.54) is 0 Å². The number of ether oxygens (including phenoxy) is 1. The van der Waals surface area contributed by atoms with E-state index < -0.39 is 0 Å². The van der Waals surface area contributed by atoms with Gasteiger partial charge in [0.05, 0.1) is 7.11 Å². The van der Waals surface area contributed by atoms with E-state index >= 15 is 0 Å². The highest BCUT2D eigenvalue weighted by molar-refractivity contribution is 5.57. The van der Waals surface area contributed by atoms with E-state index in [0.29, 0.717) is 0 Å². The molecule has 0 bridgehead atoms. The number of hydrogen-bond acceptors (Lipinski definition) is 3. The zero-order chi connectivity index (χ0) is 14.2. The van der Waals surface area contributed by atoms with Crippen LogP contribution in [0.5, 0.6) is 5.75 Å². The summed E-state index contributed by atoms with van der Waals surface area (Å²) in [7, 11) is 1.71. The van der Waals surface area contributed by atoms with Crippen LogP contribution >= 0.6 is 0 Å². The first-order valence-corrected chi connectivity index (χ1v) is 7.18. The summed E-state index contributed by atoms with van der Waals surface area (Å²) in [5.41, 5.74) is 1.14. The van der Waals surface area contributed by atoms with E-state index in [1.807, 2.05) is 24.3 Å². The fraction of sp³-hybridized carbons (Fsp3) is 0.412.